The highest BCUT2D eigenvalue weighted by Gasteiger charge is 2.25. The summed E-state index contributed by atoms with van der Waals surface area (Å²) in [6, 6.07) is 18.0. The average molecular weight is 383 g/mol. The molecule has 0 saturated heterocycles. The molecule has 120 valence electrons. The molecule has 0 fully saturated rings. The van der Waals surface area contributed by atoms with Gasteiger partial charge >= 0.3 is 0 Å². The average Bonchev–Trinajstić information content (AvgIpc) is 2.64. The first-order chi connectivity index (χ1) is 12.1. The molecule has 1 heterocycles. The zero-order valence-electron chi connectivity index (χ0n) is 12.6. The van der Waals surface area contributed by atoms with E-state index in [4.69, 9.17) is 23.2 Å². The summed E-state index contributed by atoms with van der Waals surface area (Å²) in [5.41, 5.74) is 2.86. The Hall–Kier alpha value is -2.57. The van der Waals surface area contributed by atoms with Gasteiger partial charge in [0.2, 0.25) is 0 Å². The van der Waals surface area contributed by atoms with Gasteiger partial charge in [0.05, 0.1) is 17.0 Å². The third kappa shape index (κ3) is 3.60. The first-order valence-electron chi connectivity index (χ1n) is 7.03. The Morgan fingerprint density at radius 3 is 1.52 bits per heavy atom. The fraction of sp³-hybridized carbons (Fsp3) is 0. The molecule has 0 aromatic heterocycles. The van der Waals surface area contributed by atoms with Crippen LogP contribution in [-0.4, -0.2) is 11.4 Å². The van der Waals surface area contributed by atoms with Gasteiger partial charge in [-0.1, -0.05) is 47.5 Å². The zero-order chi connectivity index (χ0) is 17.8. The summed E-state index contributed by atoms with van der Waals surface area (Å²) < 4.78 is 8.67. The molecule has 1 aliphatic rings. The van der Waals surface area contributed by atoms with Crippen LogP contribution < -0.4 is 0 Å². The second-order valence-corrected chi connectivity index (χ2v) is 6.35. The molecule has 3 rings (SSSR count). The molecule has 0 aliphatic carbocycles. The van der Waals surface area contributed by atoms with Crippen LogP contribution in [0.2, 0.25) is 10.0 Å². The lowest BCUT2D eigenvalue weighted by atomic mass is 9.91. The van der Waals surface area contributed by atoms with Crippen LogP contribution in [0, 0.1) is 22.7 Å². The summed E-state index contributed by atoms with van der Waals surface area (Å²) in [6.07, 6.45) is 0. The van der Waals surface area contributed by atoms with Crippen LogP contribution in [0.25, 0.3) is 0 Å². The van der Waals surface area contributed by atoms with Crippen molar-refractivity contribution in [3.8, 4) is 12.1 Å². The van der Waals surface area contributed by atoms with Gasteiger partial charge < -0.3 is 0 Å². The molecule has 25 heavy (non-hydrogen) atoms. The molecule has 0 spiro atoms. The number of hydrogen-bond donors (Lipinski definition) is 0. The Balaban J connectivity index is 2.18. The summed E-state index contributed by atoms with van der Waals surface area (Å²) in [5.74, 6) is 0. The number of rotatable bonds is 2. The van der Waals surface area contributed by atoms with E-state index >= 15 is 0 Å². The van der Waals surface area contributed by atoms with E-state index in [1.54, 1.807) is 48.5 Å². The molecular formula is C18H8Cl2N4S. The maximum absolute atomic E-state index is 9.41. The zero-order valence-corrected chi connectivity index (χ0v) is 14.9. The third-order valence-corrected chi connectivity index (χ3v) is 4.48. The first-order valence-corrected chi connectivity index (χ1v) is 8.52. The van der Waals surface area contributed by atoms with Crippen LogP contribution in [0.4, 0.5) is 0 Å². The Morgan fingerprint density at radius 1 is 0.760 bits per heavy atom. The van der Waals surface area contributed by atoms with Crippen molar-refractivity contribution in [2.24, 2.45) is 8.80 Å². The molecule has 4 nitrogen and oxygen atoms in total. The van der Waals surface area contributed by atoms with Crippen molar-refractivity contribution in [2.45, 2.75) is 0 Å². The first kappa shape index (κ1) is 17.3. The molecule has 0 bridgehead atoms. The lowest BCUT2D eigenvalue weighted by molar-refractivity contribution is 1.44. The van der Waals surface area contributed by atoms with Gasteiger partial charge in [-0.3, -0.25) is 0 Å². The lowest BCUT2D eigenvalue weighted by Gasteiger charge is -2.17. The number of hydrogen-bond acceptors (Lipinski definition) is 5. The highest BCUT2D eigenvalue weighted by Crippen LogP contribution is 2.29. The van der Waals surface area contributed by atoms with Crippen LogP contribution in [-0.2, 0) is 0 Å². The Kier molecular flexibility index (Phi) is 5.21. The van der Waals surface area contributed by atoms with Gasteiger partial charge in [0.25, 0.3) is 0 Å². The molecule has 1 aliphatic heterocycles. The van der Waals surface area contributed by atoms with E-state index in [0.29, 0.717) is 27.0 Å². The number of nitriles is 2. The summed E-state index contributed by atoms with van der Waals surface area (Å²) in [5, 5.41) is 20.0. The minimum atomic E-state index is -0.0531. The molecule has 2 aromatic carbocycles. The predicted octanol–water partition coefficient (Wildman–Crippen LogP) is 5.19. The molecule has 0 unspecified atom stereocenters. The Morgan fingerprint density at radius 2 is 1.16 bits per heavy atom. The number of benzene rings is 2. The van der Waals surface area contributed by atoms with Crippen LogP contribution in [0.1, 0.15) is 11.1 Å². The minimum absolute atomic E-state index is 0.0531. The monoisotopic (exact) mass is 382 g/mol. The number of nitrogens with zero attached hydrogens (tertiary/aromatic N) is 4. The summed E-state index contributed by atoms with van der Waals surface area (Å²) in [7, 11) is 0. The molecule has 0 N–H and O–H groups in total. The molecule has 0 radical (unpaired) electrons. The second kappa shape index (κ2) is 7.55. The molecular weight excluding hydrogens is 375 g/mol. The maximum atomic E-state index is 9.41. The van der Waals surface area contributed by atoms with E-state index in [9.17, 15) is 10.5 Å². The van der Waals surface area contributed by atoms with Crippen molar-refractivity contribution in [2.75, 3.05) is 0 Å². The standard InChI is InChI=1S/C18H8Cl2N4S/c19-14-5-1-11(2-6-14)17-16(13(9-21)10-22)18(24-25-23-17)12-3-7-15(20)8-4-12/h1-8H. The largest absolute Gasteiger partial charge is 0.192 e. The van der Waals surface area contributed by atoms with Crippen LogP contribution in [0.3, 0.4) is 0 Å². The smallest absolute Gasteiger partial charge is 0.141 e. The van der Waals surface area contributed by atoms with Gasteiger partial charge in [0.15, 0.2) is 0 Å². The van der Waals surface area contributed by atoms with E-state index in [-0.39, 0.29) is 5.57 Å². The van der Waals surface area contributed by atoms with E-state index in [1.165, 1.54) is 0 Å². The van der Waals surface area contributed by atoms with Crippen LogP contribution >= 0.6 is 35.3 Å². The predicted molar refractivity (Wildman–Crippen MR) is 102 cm³/mol. The highest BCUT2D eigenvalue weighted by molar-refractivity contribution is 7.97. The molecule has 2 aromatic rings. The van der Waals surface area contributed by atoms with Crippen molar-refractivity contribution in [1.82, 2.24) is 0 Å². The topological polar surface area (TPSA) is 72.3 Å². The number of allylic oxidation sites excluding steroid dienone is 2. The molecule has 7 heteroatoms. The van der Waals surface area contributed by atoms with E-state index in [0.717, 1.165) is 23.3 Å². The normalized spacial score (nSPS) is 13.4. The number of halogens is 2. The van der Waals surface area contributed by atoms with Crippen LogP contribution in [0.5, 0.6) is 0 Å². The van der Waals surface area contributed by atoms with Crippen molar-refractivity contribution < 1.29 is 0 Å². The molecule has 0 saturated carbocycles. The van der Waals surface area contributed by atoms with Gasteiger partial charge in [0, 0.05) is 21.2 Å². The van der Waals surface area contributed by atoms with E-state index in [1.807, 2.05) is 12.1 Å². The molecule has 0 amide bonds. The minimum Gasteiger partial charge on any atom is -0.192 e. The van der Waals surface area contributed by atoms with Gasteiger partial charge in [-0.05, 0) is 24.3 Å². The summed E-state index contributed by atoms with van der Waals surface area (Å²) in [6.45, 7) is 0. The van der Waals surface area contributed by atoms with E-state index < -0.39 is 0 Å². The third-order valence-electron chi connectivity index (χ3n) is 3.45. The van der Waals surface area contributed by atoms with Crippen molar-refractivity contribution in [3.63, 3.8) is 0 Å². The molecule has 0 atom stereocenters. The summed E-state index contributed by atoms with van der Waals surface area (Å²) in [4.78, 5) is 0. The maximum Gasteiger partial charge on any atom is 0.141 e. The van der Waals surface area contributed by atoms with E-state index in [2.05, 4.69) is 8.80 Å². The SMILES string of the molecule is N#CC(C#N)=C1C(c2ccc(Cl)cc2)=NSN=C1c1ccc(Cl)cc1. The van der Waals surface area contributed by atoms with Crippen molar-refractivity contribution >= 4 is 46.8 Å². The highest BCUT2D eigenvalue weighted by atomic mass is 35.5. The lowest BCUT2D eigenvalue weighted by Crippen LogP contribution is -2.19. The quantitative estimate of drug-likeness (QED) is 0.529. The Bertz CT molecular complexity index is 912. The van der Waals surface area contributed by atoms with Crippen molar-refractivity contribution in [3.05, 3.63) is 80.8 Å². The van der Waals surface area contributed by atoms with Gasteiger partial charge in [-0.15, -0.1) is 0 Å². The van der Waals surface area contributed by atoms with Crippen LogP contribution in [0.15, 0.2) is 68.5 Å². The second-order valence-electron chi connectivity index (χ2n) is 4.95. The fourth-order valence-corrected chi connectivity index (χ4v) is 3.14. The van der Waals surface area contributed by atoms with Crippen molar-refractivity contribution in [1.29, 1.82) is 10.5 Å². The van der Waals surface area contributed by atoms with Gasteiger partial charge in [-0.25, -0.2) is 0 Å². The van der Waals surface area contributed by atoms with Gasteiger partial charge in [0.1, 0.15) is 29.8 Å². The Labute approximate surface area is 159 Å². The summed E-state index contributed by atoms with van der Waals surface area (Å²) >= 11 is 12.9. The van der Waals surface area contributed by atoms with Gasteiger partial charge in [-0.2, -0.15) is 19.3 Å². The fourth-order valence-electron chi connectivity index (χ4n) is 2.29.